The minimum atomic E-state index is -0.163. The highest BCUT2D eigenvalue weighted by molar-refractivity contribution is 5.93. The number of hydrogen-bond acceptors (Lipinski definition) is 8. The second-order valence-electron chi connectivity index (χ2n) is 7.87. The minimum absolute atomic E-state index is 0.141. The Morgan fingerprint density at radius 3 is 2.82 bits per heavy atom. The van der Waals surface area contributed by atoms with Crippen LogP contribution < -0.4 is 19.7 Å². The highest BCUT2D eigenvalue weighted by atomic mass is 16.5. The predicted molar refractivity (Wildman–Crippen MR) is 126 cm³/mol. The summed E-state index contributed by atoms with van der Waals surface area (Å²) in [5.74, 6) is 2.38. The number of aromatic nitrogens is 4. The van der Waals surface area contributed by atoms with Crippen LogP contribution in [-0.2, 0) is 17.6 Å². The van der Waals surface area contributed by atoms with Crippen LogP contribution in [0.5, 0.6) is 11.6 Å². The van der Waals surface area contributed by atoms with Crippen molar-refractivity contribution in [1.29, 1.82) is 0 Å². The normalized spacial score (nSPS) is 12.2. The van der Waals surface area contributed by atoms with Crippen LogP contribution in [0.3, 0.4) is 0 Å². The fourth-order valence-corrected chi connectivity index (χ4v) is 3.75. The summed E-state index contributed by atoms with van der Waals surface area (Å²) in [5, 5.41) is 2.86. The maximum atomic E-state index is 12.7. The molecule has 1 aliphatic rings. The van der Waals surface area contributed by atoms with E-state index in [-0.39, 0.29) is 12.5 Å². The fraction of sp³-hybridized carbons (Fsp3) is 0.375. The number of hydrogen-bond donors (Lipinski definition) is 1. The summed E-state index contributed by atoms with van der Waals surface area (Å²) in [7, 11) is 3.42. The maximum absolute atomic E-state index is 12.7. The third kappa shape index (κ3) is 5.36. The first-order valence-corrected chi connectivity index (χ1v) is 11.1. The van der Waals surface area contributed by atoms with Crippen molar-refractivity contribution >= 4 is 17.4 Å². The molecule has 4 rings (SSSR count). The van der Waals surface area contributed by atoms with E-state index in [0.717, 1.165) is 48.5 Å². The first-order valence-electron chi connectivity index (χ1n) is 11.1. The molecule has 0 saturated heterocycles. The molecular formula is C24H28N6O3. The van der Waals surface area contributed by atoms with Crippen LogP contribution in [0.4, 0.5) is 11.5 Å². The van der Waals surface area contributed by atoms with Crippen LogP contribution in [0.2, 0.25) is 0 Å². The molecule has 9 nitrogen and oxygen atoms in total. The molecule has 3 aromatic heterocycles. The topological polar surface area (TPSA) is 102 Å². The molecule has 3 heterocycles. The summed E-state index contributed by atoms with van der Waals surface area (Å²) in [4.78, 5) is 32.7. The van der Waals surface area contributed by atoms with Crippen molar-refractivity contribution in [1.82, 2.24) is 19.9 Å². The molecule has 1 aliphatic carbocycles. The van der Waals surface area contributed by atoms with E-state index >= 15 is 0 Å². The molecule has 1 N–H and O–H groups in total. The van der Waals surface area contributed by atoms with Gasteiger partial charge in [0.1, 0.15) is 17.3 Å². The van der Waals surface area contributed by atoms with Gasteiger partial charge in [0, 0.05) is 36.6 Å². The van der Waals surface area contributed by atoms with Crippen molar-refractivity contribution < 1.29 is 14.3 Å². The van der Waals surface area contributed by atoms with Gasteiger partial charge in [-0.05, 0) is 37.8 Å². The van der Waals surface area contributed by atoms with Gasteiger partial charge in [0.05, 0.1) is 32.1 Å². The number of methoxy groups -OCH3 is 1. The molecule has 0 saturated carbocycles. The Labute approximate surface area is 193 Å². The first kappa shape index (κ1) is 22.4. The minimum Gasteiger partial charge on any atom is -0.493 e. The van der Waals surface area contributed by atoms with E-state index in [4.69, 9.17) is 19.4 Å². The number of carbonyl (C=O) groups is 1. The number of aryl methyl sites for hydroxylation is 1. The molecule has 9 heteroatoms. The summed E-state index contributed by atoms with van der Waals surface area (Å²) in [6.45, 7) is 2.85. The smallest absolute Gasteiger partial charge is 0.243 e. The quantitative estimate of drug-likeness (QED) is 0.532. The Morgan fingerprint density at radius 2 is 2.06 bits per heavy atom. The van der Waals surface area contributed by atoms with Crippen LogP contribution in [0.15, 0.2) is 36.7 Å². The Kier molecular flexibility index (Phi) is 6.97. The highest BCUT2D eigenvalue weighted by Crippen LogP contribution is 2.31. The lowest BCUT2D eigenvalue weighted by Crippen LogP contribution is -2.31. The van der Waals surface area contributed by atoms with Crippen molar-refractivity contribution in [2.75, 3.05) is 37.5 Å². The second-order valence-corrected chi connectivity index (χ2v) is 7.87. The number of nitrogens with zero attached hydrogens (tertiary/aromatic N) is 5. The van der Waals surface area contributed by atoms with Crippen molar-refractivity contribution in [2.45, 2.75) is 32.6 Å². The van der Waals surface area contributed by atoms with E-state index in [1.54, 1.807) is 31.6 Å². The zero-order chi connectivity index (χ0) is 23.2. The predicted octanol–water partition coefficient (Wildman–Crippen LogP) is 3.29. The van der Waals surface area contributed by atoms with Crippen molar-refractivity contribution in [3.8, 4) is 23.1 Å². The number of rotatable bonds is 9. The number of amides is 1. The standard InChI is InChI=1S/C24H28N6O3/c1-4-12-33-17-10-11-25-20(13-17)23-28-19-7-5-6-18(19)24(29-23)30(2)15-21(31)27-16-8-9-22(32-3)26-14-16/h8-11,13-14H,4-7,12,15H2,1-3H3,(H,27,31). The summed E-state index contributed by atoms with van der Waals surface area (Å²) in [6, 6.07) is 7.15. The van der Waals surface area contributed by atoms with Gasteiger partial charge in [-0.15, -0.1) is 0 Å². The van der Waals surface area contributed by atoms with Gasteiger partial charge in [-0.3, -0.25) is 9.78 Å². The number of nitrogens with one attached hydrogen (secondary N) is 1. The third-order valence-corrected chi connectivity index (χ3v) is 5.32. The molecule has 0 fully saturated rings. The van der Waals surface area contributed by atoms with Gasteiger partial charge >= 0.3 is 0 Å². The van der Waals surface area contributed by atoms with Crippen LogP contribution in [0.1, 0.15) is 31.0 Å². The largest absolute Gasteiger partial charge is 0.493 e. The van der Waals surface area contributed by atoms with Crippen LogP contribution in [0, 0.1) is 0 Å². The van der Waals surface area contributed by atoms with E-state index in [2.05, 4.69) is 22.2 Å². The van der Waals surface area contributed by atoms with Crippen LogP contribution >= 0.6 is 0 Å². The lowest BCUT2D eigenvalue weighted by Gasteiger charge is -2.21. The molecular weight excluding hydrogens is 420 g/mol. The summed E-state index contributed by atoms with van der Waals surface area (Å²) < 4.78 is 10.8. The molecule has 1 amide bonds. The van der Waals surface area contributed by atoms with E-state index < -0.39 is 0 Å². The van der Waals surface area contributed by atoms with E-state index in [0.29, 0.717) is 29.7 Å². The van der Waals surface area contributed by atoms with Gasteiger partial charge in [-0.25, -0.2) is 15.0 Å². The lowest BCUT2D eigenvalue weighted by atomic mass is 10.2. The maximum Gasteiger partial charge on any atom is 0.243 e. The van der Waals surface area contributed by atoms with Gasteiger partial charge < -0.3 is 19.7 Å². The van der Waals surface area contributed by atoms with Gasteiger partial charge in [0.2, 0.25) is 11.8 Å². The monoisotopic (exact) mass is 448 g/mol. The van der Waals surface area contributed by atoms with Gasteiger partial charge in [-0.2, -0.15) is 0 Å². The summed E-state index contributed by atoms with van der Waals surface area (Å²) in [6.07, 6.45) is 7.00. The number of anilines is 2. The molecule has 0 spiro atoms. The molecule has 172 valence electrons. The van der Waals surface area contributed by atoms with Crippen LogP contribution in [0.25, 0.3) is 11.5 Å². The van der Waals surface area contributed by atoms with Crippen LogP contribution in [-0.4, -0.2) is 53.2 Å². The number of fused-ring (bicyclic) bond motifs is 1. The Bertz CT molecular complexity index is 1120. The molecule has 0 aliphatic heterocycles. The lowest BCUT2D eigenvalue weighted by molar-refractivity contribution is -0.114. The number of pyridine rings is 2. The van der Waals surface area contributed by atoms with Gasteiger partial charge in [0.15, 0.2) is 5.82 Å². The Balaban J connectivity index is 1.54. The molecule has 0 unspecified atom stereocenters. The summed E-state index contributed by atoms with van der Waals surface area (Å²) >= 11 is 0. The number of carbonyl (C=O) groups excluding carboxylic acids is 1. The molecule has 33 heavy (non-hydrogen) atoms. The summed E-state index contributed by atoms with van der Waals surface area (Å²) in [5.41, 5.74) is 3.37. The highest BCUT2D eigenvalue weighted by Gasteiger charge is 2.23. The Hall–Kier alpha value is -3.75. The Morgan fingerprint density at radius 1 is 1.18 bits per heavy atom. The SMILES string of the molecule is CCCOc1ccnc(-c2nc3c(c(N(C)CC(=O)Nc4ccc(OC)nc4)n2)CCC3)c1. The zero-order valence-electron chi connectivity index (χ0n) is 19.2. The van der Waals surface area contributed by atoms with Crippen molar-refractivity contribution in [3.63, 3.8) is 0 Å². The molecule has 3 aromatic rings. The van der Waals surface area contributed by atoms with Crippen molar-refractivity contribution in [3.05, 3.63) is 47.9 Å². The average molecular weight is 449 g/mol. The van der Waals surface area contributed by atoms with E-state index in [9.17, 15) is 4.79 Å². The van der Waals surface area contributed by atoms with Gasteiger partial charge in [-0.1, -0.05) is 6.92 Å². The van der Waals surface area contributed by atoms with Gasteiger partial charge in [0.25, 0.3) is 0 Å². The first-order chi connectivity index (χ1) is 16.1. The molecule has 0 aromatic carbocycles. The van der Waals surface area contributed by atoms with E-state index in [1.165, 1.54) is 0 Å². The van der Waals surface area contributed by atoms with E-state index in [1.807, 2.05) is 24.1 Å². The average Bonchev–Trinajstić information content (AvgIpc) is 3.31. The zero-order valence-corrected chi connectivity index (χ0v) is 19.2. The third-order valence-electron chi connectivity index (χ3n) is 5.32. The second kappa shape index (κ2) is 10.2. The fourth-order valence-electron chi connectivity index (χ4n) is 3.75. The van der Waals surface area contributed by atoms with Crippen molar-refractivity contribution in [2.24, 2.45) is 0 Å². The molecule has 0 atom stereocenters. The number of ether oxygens (including phenoxy) is 2. The number of likely N-dealkylation sites (N-methyl/N-ethyl adjacent to an activating group) is 1. The molecule has 0 radical (unpaired) electrons. The molecule has 0 bridgehead atoms.